The summed E-state index contributed by atoms with van der Waals surface area (Å²) in [7, 11) is 0. The fourth-order valence-corrected chi connectivity index (χ4v) is 3.12. The maximum absolute atomic E-state index is 4.52. The van der Waals surface area contributed by atoms with E-state index in [-0.39, 0.29) is 0 Å². The highest BCUT2D eigenvalue weighted by Crippen LogP contribution is 2.30. The Morgan fingerprint density at radius 2 is 1.76 bits per heavy atom. The van der Waals surface area contributed by atoms with Crippen molar-refractivity contribution >= 4 is 0 Å². The molecule has 0 fully saturated rings. The van der Waals surface area contributed by atoms with Crippen LogP contribution in [0.5, 0.6) is 0 Å². The number of para-hydroxylation sites is 1. The molecule has 2 heterocycles. The van der Waals surface area contributed by atoms with E-state index >= 15 is 0 Å². The maximum atomic E-state index is 4.52. The Bertz CT molecular complexity index is 746. The fraction of sp³-hybridized carbons (Fsp3) is 0.167. The second-order valence-corrected chi connectivity index (χ2v) is 5.39. The van der Waals surface area contributed by atoms with Gasteiger partial charge in [-0.1, -0.05) is 42.5 Å². The van der Waals surface area contributed by atoms with Crippen molar-refractivity contribution in [2.24, 2.45) is 0 Å². The van der Waals surface area contributed by atoms with E-state index in [0.29, 0.717) is 5.92 Å². The Kier molecular flexibility index (Phi) is 3.05. The van der Waals surface area contributed by atoms with E-state index in [1.54, 1.807) is 0 Å². The van der Waals surface area contributed by atoms with E-state index < -0.39 is 0 Å². The highest BCUT2D eigenvalue weighted by Gasteiger charge is 2.24. The molecule has 3 heteroatoms. The van der Waals surface area contributed by atoms with Crippen molar-refractivity contribution in [3.63, 3.8) is 0 Å². The predicted molar refractivity (Wildman–Crippen MR) is 83.6 cm³/mol. The van der Waals surface area contributed by atoms with Gasteiger partial charge in [0.1, 0.15) is 0 Å². The lowest BCUT2D eigenvalue weighted by Crippen LogP contribution is -2.30. The lowest BCUT2D eigenvalue weighted by atomic mass is 9.88. The number of nitrogens with zero attached hydrogens (tertiary/aromatic N) is 2. The standard InChI is InChI=1S/C18H17N3/c1-2-7-15(8-3-1)21-18(10-11-20-21)17-13-19-12-14-6-4-5-9-16(14)17/h1-11,17,19H,12-13H2. The normalized spacial score (nSPS) is 17.4. The molecule has 0 spiro atoms. The molecule has 1 N–H and O–H groups in total. The second-order valence-electron chi connectivity index (χ2n) is 5.39. The summed E-state index contributed by atoms with van der Waals surface area (Å²) in [5.41, 5.74) is 5.14. The minimum Gasteiger partial charge on any atom is -0.312 e. The summed E-state index contributed by atoms with van der Waals surface area (Å²) in [6.45, 7) is 1.90. The zero-order chi connectivity index (χ0) is 14.1. The van der Waals surface area contributed by atoms with Crippen LogP contribution in [-0.2, 0) is 6.54 Å². The van der Waals surface area contributed by atoms with Gasteiger partial charge < -0.3 is 5.32 Å². The highest BCUT2D eigenvalue weighted by atomic mass is 15.3. The first-order chi connectivity index (χ1) is 10.4. The lowest BCUT2D eigenvalue weighted by molar-refractivity contribution is 0.570. The second kappa shape index (κ2) is 5.19. The number of nitrogens with one attached hydrogen (secondary N) is 1. The van der Waals surface area contributed by atoms with Crippen LogP contribution < -0.4 is 5.32 Å². The number of fused-ring (bicyclic) bond motifs is 1. The summed E-state index contributed by atoms with van der Waals surface area (Å²) in [6.07, 6.45) is 1.89. The minimum atomic E-state index is 0.345. The van der Waals surface area contributed by atoms with E-state index in [4.69, 9.17) is 0 Å². The molecule has 0 saturated heterocycles. The summed E-state index contributed by atoms with van der Waals surface area (Å²) in [6, 6.07) is 21.1. The van der Waals surface area contributed by atoms with Gasteiger partial charge >= 0.3 is 0 Å². The number of benzene rings is 2. The molecule has 1 unspecified atom stereocenters. The van der Waals surface area contributed by atoms with Crippen LogP contribution in [0.25, 0.3) is 5.69 Å². The monoisotopic (exact) mass is 275 g/mol. The van der Waals surface area contributed by atoms with Crippen molar-refractivity contribution in [2.75, 3.05) is 6.54 Å². The third-order valence-corrected chi connectivity index (χ3v) is 4.12. The van der Waals surface area contributed by atoms with Crippen LogP contribution in [0.15, 0.2) is 66.9 Å². The molecule has 2 aromatic carbocycles. The van der Waals surface area contributed by atoms with E-state index in [1.807, 2.05) is 24.4 Å². The largest absolute Gasteiger partial charge is 0.312 e. The van der Waals surface area contributed by atoms with Crippen LogP contribution in [0.3, 0.4) is 0 Å². The van der Waals surface area contributed by atoms with Crippen LogP contribution >= 0.6 is 0 Å². The number of aromatic nitrogens is 2. The molecule has 3 aromatic rings. The quantitative estimate of drug-likeness (QED) is 0.779. The van der Waals surface area contributed by atoms with E-state index in [1.165, 1.54) is 16.8 Å². The third kappa shape index (κ3) is 2.16. The molecule has 3 nitrogen and oxygen atoms in total. The average molecular weight is 275 g/mol. The number of rotatable bonds is 2. The minimum absolute atomic E-state index is 0.345. The molecular weight excluding hydrogens is 258 g/mol. The molecule has 1 aliphatic rings. The van der Waals surface area contributed by atoms with Crippen LogP contribution in [0.1, 0.15) is 22.7 Å². The Hall–Kier alpha value is -2.39. The predicted octanol–water partition coefficient (Wildman–Crippen LogP) is 3.11. The van der Waals surface area contributed by atoms with Crippen molar-refractivity contribution in [2.45, 2.75) is 12.5 Å². The molecule has 21 heavy (non-hydrogen) atoms. The molecule has 104 valence electrons. The maximum Gasteiger partial charge on any atom is 0.0649 e. The van der Waals surface area contributed by atoms with Crippen LogP contribution in [0.2, 0.25) is 0 Å². The van der Waals surface area contributed by atoms with E-state index in [0.717, 1.165) is 18.8 Å². The SMILES string of the molecule is c1ccc(-n2nccc2C2CNCc3ccccc32)cc1. The van der Waals surface area contributed by atoms with Crippen molar-refractivity contribution in [1.82, 2.24) is 15.1 Å². The van der Waals surface area contributed by atoms with Gasteiger partial charge in [0.15, 0.2) is 0 Å². The van der Waals surface area contributed by atoms with Gasteiger partial charge in [0.2, 0.25) is 0 Å². The van der Waals surface area contributed by atoms with Gasteiger partial charge in [0.05, 0.1) is 11.4 Å². The van der Waals surface area contributed by atoms with Crippen LogP contribution in [-0.4, -0.2) is 16.3 Å². The van der Waals surface area contributed by atoms with Gasteiger partial charge in [0.25, 0.3) is 0 Å². The Labute approximate surface area is 124 Å². The molecule has 0 bridgehead atoms. The first kappa shape index (κ1) is 12.4. The van der Waals surface area contributed by atoms with Crippen molar-refractivity contribution in [3.05, 3.63) is 83.7 Å². The van der Waals surface area contributed by atoms with Gasteiger partial charge in [0, 0.05) is 25.2 Å². The average Bonchev–Trinajstić information content (AvgIpc) is 3.04. The topological polar surface area (TPSA) is 29.9 Å². The Morgan fingerprint density at radius 3 is 2.67 bits per heavy atom. The van der Waals surface area contributed by atoms with Gasteiger partial charge in [-0.25, -0.2) is 4.68 Å². The zero-order valence-electron chi connectivity index (χ0n) is 11.7. The van der Waals surface area contributed by atoms with Gasteiger partial charge in [-0.15, -0.1) is 0 Å². The molecule has 1 atom stereocenters. The number of hydrogen-bond donors (Lipinski definition) is 1. The van der Waals surface area contributed by atoms with Crippen molar-refractivity contribution in [1.29, 1.82) is 0 Å². The highest BCUT2D eigenvalue weighted by molar-refractivity contribution is 5.41. The molecule has 1 aliphatic heterocycles. The molecule has 4 rings (SSSR count). The van der Waals surface area contributed by atoms with Crippen LogP contribution in [0, 0.1) is 0 Å². The van der Waals surface area contributed by atoms with E-state index in [2.05, 4.69) is 57.6 Å². The van der Waals surface area contributed by atoms with Crippen molar-refractivity contribution in [3.8, 4) is 5.69 Å². The first-order valence-corrected chi connectivity index (χ1v) is 7.31. The van der Waals surface area contributed by atoms with Gasteiger partial charge in [-0.2, -0.15) is 5.10 Å². The lowest BCUT2D eigenvalue weighted by Gasteiger charge is -2.27. The third-order valence-electron chi connectivity index (χ3n) is 4.12. The smallest absolute Gasteiger partial charge is 0.0649 e. The molecule has 0 aliphatic carbocycles. The number of hydrogen-bond acceptors (Lipinski definition) is 2. The summed E-state index contributed by atoms with van der Waals surface area (Å²) in [5.74, 6) is 0.345. The zero-order valence-corrected chi connectivity index (χ0v) is 11.7. The Morgan fingerprint density at radius 1 is 0.952 bits per heavy atom. The molecule has 0 saturated carbocycles. The summed E-state index contributed by atoms with van der Waals surface area (Å²) < 4.78 is 2.05. The van der Waals surface area contributed by atoms with Crippen LogP contribution in [0.4, 0.5) is 0 Å². The molecule has 0 radical (unpaired) electrons. The molecule has 1 aromatic heterocycles. The Balaban J connectivity index is 1.81. The molecular formula is C18H17N3. The first-order valence-electron chi connectivity index (χ1n) is 7.31. The van der Waals surface area contributed by atoms with Gasteiger partial charge in [-0.3, -0.25) is 0 Å². The fourth-order valence-electron chi connectivity index (χ4n) is 3.12. The summed E-state index contributed by atoms with van der Waals surface area (Å²) in [4.78, 5) is 0. The van der Waals surface area contributed by atoms with E-state index in [9.17, 15) is 0 Å². The van der Waals surface area contributed by atoms with Crippen molar-refractivity contribution < 1.29 is 0 Å². The van der Waals surface area contributed by atoms with Gasteiger partial charge in [-0.05, 0) is 29.3 Å². The summed E-state index contributed by atoms with van der Waals surface area (Å²) in [5, 5.41) is 8.04. The molecule has 0 amide bonds. The summed E-state index contributed by atoms with van der Waals surface area (Å²) >= 11 is 0.